The molecule has 142 valence electrons. The average molecular weight is 377 g/mol. The highest BCUT2D eigenvalue weighted by atomic mass is 16.5. The highest BCUT2D eigenvalue weighted by Gasteiger charge is 2.42. The molecule has 0 radical (unpaired) electrons. The number of phenols is 1. The molecule has 0 bridgehead atoms. The van der Waals surface area contributed by atoms with Crippen molar-refractivity contribution in [3.63, 3.8) is 0 Å². The molecule has 28 heavy (non-hydrogen) atoms. The zero-order valence-corrected chi connectivity index (χ0v) is 15.7. The van der Waals surface area contributed by atoms with Gasteiger partial charge in [-0.2, -0.15) is 0 Å². The lowest BCUT2D eigenvalue weighted by Crippen LogP contribution is -2.29. The fourth-order valence-electron chi connectivity index (χ4n) is 3.92. The number of carbonyl (C=O) groups is 2. The van der Waals surface area contributed by atoms with Gasteiger partial charge in [-0.25, -0.2) is 4.79 Å². The summed E-state index contributed by atoms with van der Waals surface area (Å²) in [5.41, 5.74) is 4.21. The molecule has 0 saturated carbocycles. The molecule has 1 atom stereocenters. The number of hydrogen-bond acceptors (Lipinski definition) is 6. The van der Waals surface area contributed by atoms with Gasteiger partial charge in [0.25, 0.3) is 0 Å². The van der Waals surface area contributed by atoms with Gasteiger partial charge in [-0.05, 0) is 24.6 Å². The first-order chi connectivity index (χ1) is 13.5. The Morgan fingerprint density at radius 3 is 2.50 bits per heavy atom. The van der Waals surface area contributed by atoms with E-state index in [1.54, 1.807) is 25.1 Å². The van der Waals surface area contributed by atoms with E-state index in [1.165, 1.54) is 20.3 Å². The monoisotopic (exact) mass is 377 g/mol. The molecule has 1 aliphatic carbocycles. The second-order valence-corrected chi connectivity index (χ2v) is 6.68. The van der Waals surface area contributed by atoms with Crippen molar-refractivity contribution in [1.82, 2.24) is 5.32 Å². The molecule has 0 aromatic heterocycles. The third kappa shape index (κ3) is 2.49. The van der Waals surface area contributed by atoms with Crippen LogP contribution in [0.5, 0.6) is 11.5 Å². The Kier molecular flexibility index (Phi) is 4.19. The lowest BCUT2D eigenvalue weighted by molar-refractivity contribution is -0.136. The van der Waals surface area contributed by atoms with E-state index in [1.807, 2.05) is 18.2 Å². The molecule has 2 aromatic carbocycles. The predicted molar refractivity (Wildman–Crippen MR) is 103 cm³/mol. The molecule has 0 spiro atoms. The summed E-state index contributed by atoms with van der Waals surface area (Å²) in [4.78, 5) is 25.9. The quantitative estimate of drug-likeness (QED) is 0.800. The van der Waals surface area contributed by atoms with Crippen molar-refractivity contribution in [2.75, 3.05) is 14.2 Å². The fourth-order valence-corrected chi connectivity index (χ4v) is 3.92. The van der Waals surface area contributed by atoms with Crippen molar-refractivity contribution in [3.05, 3.63) is 76.0 Å². The number of rotatable bonds is 3. The third-order valence-electron chi connectivity index (χ3n) is 5.19. The van der Waals surface area contributed by atoms with Gasteiger partial charge in [0.15, 0.2) is 17.3 Å². The van der Waals surface area contributed by atoms with E-state index < -0.39 is 11.9 Å². The van der Waals surface area contributed by atoms with Crippen LogP contribution in [0.2, 0.25) is 0 Å². The second kappa shape index (κ2) is 6.56. The van der Waals surface area contributed by atoms with Crippen LogP contribution in [0.15, 0.2) is 59.3 Å². The Balaban J connectivity index is 1.96. The number of phenolic OH excluding ortho intramolecular Hbond substituents is 1. The Labute approximate surface area is 162 Å². The molecule has 4 rings (SSSR count). The number of carbonyl (C=O) groups excluding carboxylic acids is 2. The minimum atomic E-state index is -0.641. The van der Waals surface area contributed by atoms with Crippen LogP contribution in [-0.4, -0.2) is 31.1 Å². The number of esters is 1. The van der Waals surface area contributed by atoms with Gasteiger partial charge in [0.1, 0.15) is 0 Å². The lowest BCUT2D eigenvalue weighted by Gasteiger charge is -2.29. The van der Waals surface area contributed by atoms with Gasteiger partial charge in [0.05, 0.1) is 25.5 Å². The average Bonchev–Trinajstić information content (AvgIpc) is 2.99. The van der Waals surface area contributed by atoms with E-state index >= 15 is 0 Å². The Morgan fingerprint density at radius 1 is 1.11 bits per heavy atom. The molecule has 2 N–H and O–H groups in total. The van der Waals surface area contributed by atoms with Gasteiger partial charge in [0, 0.05) is 28.3 Å². The number of Topliss-reactive ketones (excluding diaryl/α,β-unsaturated/α-hetero) is 1. The molecule has 6 nitrogen and oxygen atoms in total. The lowest BCUT2D eigenvalue weighted by atomic mass is 9.79. The molecule has 6 heteroatoms. The van der Waals surface area contributed by atoms with Crippen LogP contribution in [0.4, 0.5) is 0 Å². The zero-order valence-electron chi connectivity index (χ0n) is 15.7. The molecule has 2 aliphatic rings. The van der Waals surface area contributed by atoms with Crippen molar-refractivity contribution in [2.24, 2.45) is 0 Å². The minimum absolute atomic E-state index is 0.0178. The smallest absolute Gasteiger partial charge is 0.336 e. The van der Waals surface area contributed by atoms with Crippen LogP contribution < -0.4 is 10.1 Å². The standard InChI is InChI=1S/C22H19NO5/c1-11-17(22(26)28-3)18(12-8-9-15(24)16(10-12)27-2)19-20(23-11)13-6-4-5-7-14(13)21(19)25/h4-10,18,23-24H,1-3H3. The van der Waals surface area contributed by atoms with Crippen LogP contribution in [0.1, 0.15) is 34.3 Å². The number of ether oxygens (including phenoxy) is 2. The first-order valence-corrected chi connectivity index (χ1v) is 8.79. The Morgan fingerprint density at radius 2 is 1.82 bits per heavy atom. The van der Waals surface area contributed by atoms with Crippen molar-refractivity contribution in [2.45, 2.75) is 12.8 Å². The summed E-state index contributed by atoms with van der Waals surface area (Å²) in [6, 6.07) is 12.2. The number of aromatic hydroxyl groups is 1. The van der Waals surface area contributed by atoms with E-state index in [4.69, 9.17) is 9.47 Å². The summed E-state index contributed by atoms with van der Waals surface area (Å²) in [6.45, 7) is 1.78. The molecule has 0 fully saturated rings. The van der Waals surface area contributed by atoms with Crippen molar-refractivity contribution >= 4 is 17.4 Å². The van der Waals surface area contributed by atoms with Crippen LogP contribution >= 0.6 is 0 Å². The van der Waals surface area contributed by atoms with Crippen molar-refractivity contribution in [1.29, 1.82) is 0 Å². The van der Waals surface area contributed by atoms with E-state index in [0.717, 1.165) is 5.56 Å². The summed E-state index contributed by atoms with van der Waals surface area (Å²) in [5, 5.41) is 13.2. The number of ketones is 1. The minimum Gasteiger partial charge on any atom is -0.504 e. The predicted octanol–water partition coefficient (Wildman–Crippen LogP) is 3.14. The van der Waals surface area contributed by atoms with Gasteiger partial charge < -0.3 is 19.9 Å². The van der Waals surface area contributed by atoms with Gasteiger partial charge in [-0.1, -0.05) is 30.3 Å². The zero-order chi connectivity index (χ0) is 20.0. The number of methoxy groups -OCH3 is 2. The number of hydrogen-bond donors (Lipinski definition) is 2. The topological polar surface area (TPSA) is 84.9 Å². The normalized spacial score (nSPS) is 17.8. The maximum atomic E-state index is 13.2. The van der Waals surface area contributed by atoms with Crippen molar-refractivity contribution < 1.29 is 24.2 Å². The molecule has 0 amide bonds. The third-order valence-corrected chi connectivity index (χ3v) is 5.19. The van der Waals surface area contributed by atoms with Gasteiger partial charge in [0.2, 0.25) is 0 Å². The highest BCUT2D eigenvalue weighted by Crippen LogP contribution is 2.47. The highest BCUT2D eigenvalue weighted by molar-refractivity contribution is 6.23. The Bertz CT molecular complexity index is 1080. The van der Waals surface area contributed by atoms with Crippen LogP contribution in [0.3, 0.4) is 0 Å². The number of fused-ring (bicyclic) bond motifs is 2. The SMILES string of the molecule is COC(=O)C1=C(C)NC2=C(C(=O)c3ccccc32)C1c1ccc(O)c(OC)c1. The summed E-state index contributed by atoms with van der Waals surface area (Å²) in [7, 11) is 2.76. The molecule has 1 heterocycles. The van der Waals surface area contributed by atoms with Gasteiger partial charge in [-0.15, -0.1) is 0 Å². The number of allylic oxidation sites excluding steroid dienone is 2. The molecule has 2 aromatic rings. The first-order valence-electron chi connectivity index (χ1n) is 8.79. The Hall–Kier alpha value is -3.54. The summed E-state index contributed by atoms with van der Waals surface area (Å²) < 4.78 is 10.2. The van der Waals surface area contributed by atoms with E-state index in [0.29, 0.717) is 33.7 Å². The first kappa shape index (κ1) is 17.9. The van der Waals surface area contributed by atoms with Gasteiger partial charge >= 0.3 is 5.97 Å². The van der Waals surface area contributed by atoms with Crippen LogP contribution in [-0.2, 0) is 9.53 Å². The summed E-state index contributed by atoms with van der Waals surface area (Å²) in [5.74, 6) is -1.04. The number of benzene rings is 2. The van der Waals surface area contributed by atoms with Crippen LogP contribution in [0, 0.1) is 0 Å². The number of nitrogens with one attached hydrogen (secondary N) is 1. The van der Waals surface area contributed by atoms with E-state index in [2.05, 4.69) is 5.32 Å². The maximum absolute atomic E-state index is 13.2. The molecular weight excluding hydrogens is 358 g/mol. The maximum Gasteiger partial charge on any atom is 0.336 e. The number of dihydropyridines is 1. The molecular formula is C22H19NO5. The second-order valence-electron chi connectivity index (χ2n) is 6.68. The molecule has 0 saturated heterocycles. The van der Waals surface area contributed by atoms with Crippen LogP contribution in [0.25, 0.3) is 5.70 Å². The van der Waals surface area contributed by atoms with E-state index in [9.17, 15) is 14.7 Å². The molecule has 1 aliphatic heterocycles. The fraction of sp³-hybridized carbons (Fsp3) is 0.182. The summed E-state index contributed by atoms with van der Waals surface area (Å²) >= 11 is 0. The van der Waals surface area contributed by atoms with Gasteiger partial charge in [-0.3, -0.25) is 4.79 Å². The van der Waals surface area contributed by atoms with E-state index in [-0.39, 0.29) is 17.3 Å². The molecule has 1 unspecified atom stereocenters. The summed E-state index contributed by atoms with van der Waals surface area (Å²) in [6.07, 6.45) is 0. The largest absolute Gasteiger partial charge is 0.504 e. The van der Waals surface area contributed by atoms with Crippen molar-refractivity contribution in [3.8, 4) is 11.5 Å².